The maximum atomic E-state index is 14.0. The van der Waals surface area contributed by atoms with E-state index in [9.17, 15) is 23.1 Å². The van der Waals surface area contributed by atoms with Gasteiger partial charge in [0.25, 0.3) is 0 Å². The van der Waals surface area contributed by atoms with Crippen LogP contribution in [0.2, 0.25) is 0 Å². The molecule has 1 spiro atoms. The largest absolute Gasteiger partial charge is 0.478 e. The maximum Gasteiger partial charge on any atom is 0.335 e. The van der Waals surface area contributed by atoms with Crippen molar-refractivity contribution in [3.63, 3.8) is 0 Å². The molecular formula is C27H23NO5S. The molecule has 1 heterocycles. The summed E-state index contributed by atoms with van der Waals surface area (Å²) in [6.07, 6.45) is 3.49. The lowest BCUT2D eigenvalue weighted by Gasteiger charge is -2.21. The summed E-state index contributed by atoms with van der Waals surface area (Å²) in [6, 6.07) is 20.9. The van der Waals surface area contributed by atoms with Gasteiger partial charge in [-0.1, -0.05) is 48.5 Å². The zero-order valence-electron chi connectivity index (χ0n) is 18.6. The minimum atomic E-state index is -3.33. The molecule has 2 unspecified atom stereocenters. The fraction of sp³-hybridized carbons (Fsp3) is 0.185. The topological polar surface area (TPSA) is 91.8 Å². The van der Waals surface area contributed by atoms with E-state index in [0.717, 1.165) is 28.6 Å². The Balaban J connectivity index is 1.57. The third-order valence-electron chi connectivity index (χ3n) is 7.11. The Hall–Kier alpha value is -3.71. The highest BCUT2D eigenvalue weighted by Crippen LogP contribution is 2.71. The summed E-state index contributed by atoms with van der Waals surface area (Å²) in [6.45, 7) is 4.30. The summed E-state index contributed by atoms with van der Waals surface area (Å²) in [5, 5.41) is 9.34. The van der Waals surface area contributed by atoms with Crippen molar-refractivity contribution in [2.24, 2.45) is 0 Å². The van der Waals surface area contributed by atoms with Gasteiger partial charge < -0.3 is 10.0 Å². The molecule has 1 amide bonds. The van der Waals surface area contributed by atoms with E-state index in [0.29, 0.717) is 6.42 Å². The average Bonchev–Trinajstić information content (AvgIpc) is 3.47. The van der Waals surface area contributed by atoms with Crippen molar-refractivity contribution in [1.82, 2.24) is 0 Å². The lowest BCUT2D eigenvalue weighted by molar-refractivity contribution is -0.120. The Morgan fingerprint density at radius 3 is 2.44 bits per heavy atom. The number of rotatable bonds is 6. The van der Waals surface area contributed by atoms with Gasteiger partial charge in [0, 0.05) is 17.4 Å². The predicted molar refractivity (Wildman–Crippen MR) is 129 cm³/mol. The van der Waals surface area contributed by atoms with Gasteiger partial charge in [0.2, 0.25) is 5.91 Å². The van der Waals surface area contributed by atoms with Crippen molar-refractivity contribution in [1.29, 1.82) is 0 Å². The SMILES string of the molecule is C=CC1(c2ccc(S(C)(=O)=O)cc2)CC12C(=O)N(Cc1cccc(C(=O)O)c1)c1ccccc12. The number of para-hydroxylation sites is 1. The van der Waals surface area contributed by atoms with Gasteiger partial charge in [-0.2, -0.15) is 0 Å². The van der Waals surface area contributed by atoms with E-state index in [1.165, 1.54) is 6.07 Å². The van der Waals surface area contributed by atoms with Crippen LogP contribution in [-0.4, -0.2) is 31.7 Å². The highest BCUT2D eigenvalue weighted by molar-refractivity contribution is 7.90. The van der Waals surface area contributed by atoms with Gasteiger partial charge in [-0.25, -0.2) is 13.2 Å². The van der Waals surface area contributed by atoms with Gasteiger partial charge in [-0.15, -0.1) is 6.58 Å². The van der Waals surface area contributed by atoms with Crippen LogP contribution in [0.25, 0.3) is 0 Å². The first-order chi connectivity index (χ1) is 16.1. The van der Waals surface area contributed by atoms with Gasteiger partial charge in [0.1, 0.15) is 0 Å². The quantitative estimate of drug-likeness (QED) is 0.544. The molecule has 34 heavy (non-hydrogen) atoms. The smallest absolute Gasteiger partial charge is 0.335 e. The number of carboxylic acid groups (broad SMARTS) is 1. The fourth-order valence-corrected chi connectivity index (χ4v) is 5.99. The van der Waals surface area contributed by atoms with Gasteiger partial charge in [-0.3, -0.25) is 4.79 Å². The second-order valence-corrected chi connectivity index (χ2v) is 11.0. The van der Waals surface area contributed by atoms with E-state index in [4.69, 9.17) is 0 Å². The molecule has 0 radical (unpaired) electrons. The molecule has 1 N–H and O–H groups in total. The molecule has 1 aliphatic carbocycles. The third-order valence-corrected chi connectivity index (χ3v) is 8.23. The summed E-state index contributed by atoms with van der Waals surface area (Å²) in [7, 11) is -3.33. The Morgan fingerprint density at radius 1 is 1.09 bits per heavy atom. The zero-order valence-corrected chi connectivity index (χ0v) is 19.4. The van der Waals surface area contributed by atoms with Crippen molar-refractivity contribution >= 4 is 27.4 Å². The summed E-state index contributed by atoms with van der Waals surface area (Å²) in [4.78, 5) is 27.4. The van der Waals surface area contributed by atoms with Crippen LogP contribution in [0, 0.1) is 0 Å². The fourth-order valence-electron chi connectivity index (χ4n) is 5.36. The molecule has 0 bridgehead atoms. The number of amides is 1. The Kier molecular flexibility index (Phi) is 4.81. The Morgan fingerprint density at radius 2 is 1.79 bits per heavy atom. The number of aromatic carboxylic acids is 1. The average molecular weight is 474 g/mol. The third kappa shape index (κ3) is 3.04. The molecule has 0 aromatic heterocycles. The number of benzene rings is 3. The number of carbonyl (C=O) groups is 2. The van der Waals surface area contributed by atoms with Crippen molar-refractivity contribution in [2.75, 3.05) is 11.2 Å². The number of anilines is 1. The molecule has 2 atom stereocenters. The van der Waals surface area contributed by atoms with Crippen molar-refractivity contribution in [2.45, 2.75) is 28.7 Å². The first-order valence-electron chi connectivity index (χ1n) is 10.8. The predicted octanol–water partition coefficient (Wildman–Crippen LogP) is 4.10. The lowest BCUT2D eigenvalue weighted by Crippen LogP contribution is -2.35. The van der Waals surface area contributed by atoms with Crippen LogP contribution in [0.5, 0.6) is 0 Å². The van der Waals surface area contributed by atoms with Gasteiger partial charge in [0.15, 0.2) is 9.84 Å². The number of nitrogens with zero attached hydrogens (tertiary/aromatic N) is 1. The molecule has 1 saturated carbocycles. The first-order valence-corrected chi connectivity index (χ1v) is 12.7. The molecule has 1 fully saturated rings. The molecule has 2 aliphatic rings. The summed E-state index contributed by atoms with van der Waals surface area (Å²) in [5.74, 6) is -1.08. The van der Waals surface area contributed by atoms with Crippen LogP contribution < -0.4 is 4.90 Å². The standard InChI is InChI=1S/C27H23NO5S/c1-3-26(20-11-13-21(14-12-20)34(2,32)33)17-27(26)22-9-4-5-10-23(22)28(25(27)31)16-18-7-6-8-19(15-18)24(29)30/h3-15H,1,16-17H2,2H3,(H,29,30). The number of fused-ring (bicyclic) bond motifs is 2. The minimum Gasteiger partial charge on any atom is -0.478 e. The summed E-state index contributed by atoms with van der Waals surface area (Å²) >= 11 is 0. The highest BCUT2D eigenvalue weighted by atomic mass is 32.2. The van der Waals surface area contributed by atoms with Crippen LogP contribution in [0.1, 0.15) is 33.5 Å². The molecule has 5 rings (SSSR count). The number of hydrogen-bond acceptors (Lipinski definition) is 4. The van der Waals surface area contributed by atoms with Gasteiger partial charge in [0.05, 0.1) is 22.4 Å². The first kappa shape index (κ1) is 22.1. The van der Waals surface area contributed by atoms with E-state index in [-0.39, 0.29) is 22.9 Å². The van der Waals surface area contributed by atoms with Crippen LogP contribution in [-0.2, 0) is 32.0 Å². The molecule has 6 nitrogen and oxygen atoms in total. The zero-order chi connectivity index (χ0) is 24.3. The number of allylic oxidation sites excluding steroid dienone is 1. The van der Waals surface area contributed by atoms with Crippen molar-refractivity contribution in [3.8, 4) is 0 Å². The second-order valence-electron chi connectivity index (χ2n) is 8.97. The molecule has 1 aliphatic heterocycles. The van der Waals surface area contributed by atoms with E-state index in [1.807, 2.05) is 30.3 Å². The summed E-state index contributed by atoms with van der Waals surface area (Å²) in [5.41, 5.74) is 1.95. The van der Waals surface area contributed by atoms with Gasteiger partial charge >= 0.3 is 5.97 Å². The van der Waals surface area contributed by atoms with E-state index >= 15 is 0 Å². The number of carbonyl (C=O) groups excluding carboxylic acids is 1. The minimum absolute atomic E-state index is 0.0680. The van der Waals surface area contributed by atoms with Crippen molar-refractivity contribution in [3.05, 3.63) is 108 Å². The highest BCUT2D eigenvalue weighted by Gasteiger charge is 2.75. The number of carboxylic acids is 1. The van der Waals surface area contributed by atoms with Crippen LogP contribution in [0.15, 0.2) is 90.3 Å². The molecule has 3 aromatic carbocycles. The Labute approximate surface area is 198 Å². The Bertz CT molecular complexity index is 1460. The second kappa shape index (κ2) is 7.40. The van der Waals surface area contributed by atoms with E-state index in [1.54, 1.807) is 47.4 Å². The molecule has 3 aromatic rings. The van der Waals surface area contributed by atoms with Crippen LogP contribution >= 0.6 is 0 Å². The van der Waals surface area contributed by atoms with Gasteiger partial charge in [-0.05, 0) is 53.4 Å². The number of hydrogen-bond donors (Lipinski definition) is 1. The molecule has 172 valence electrons. The molecule has 0 saturated heterocycles. The van der Waals surface area contributed by atoms with E-state index in [2.05, 4.69) is 6.58 Å². The summed E-state index contributed by atoms with van der Waals surface area (Å²) < 4.78 is 23.8. The lowest BCUT2D eigenvalue weighted by atomic mass is 9.82. The number of sulfone groups is 1. The molecular weight excluding hydrogens is 450 g/mol. The van der Waals surface area contributed by atoms with Crippen molar-refractivity contribution < 1.29 is 23.1 Å². The normalized spacial score (nSPS) is 23.1. The monoisotopic (exact) mass is 473 g/mol. The molecule has 7 heteroatoms. The van der Waals surface area contributed by atoms with Crippen LogP contribution in [0.3, 0.4) is 0 Å². The van der Waals surface area contributed by atoms with Crippen LogP contribution in [0.4, 0.5) is 5.69 Å². The maximum absolute atomic E-state index is 14.0. The van der Waals surface area contributed by atoms with E-state index < -0.39 is 26.6 Å².